The number of likely N-dealkylation sites (tertiary alicyclic amines) is 1. The van der Waals surface area contributed by atoms with Crippen LogP contribution in [0.3, 0.4) is 0 Å². The van der Waals surface area contributed by atoms with Gasteiger partial charge in [0.25, 0.3) is 0 Å². The second-order valence-electron chi connectivity index (χ2n) is 4.24. The first-order valence-electron chi connectivity index (χ1n) is 5.60. The number of amides is 2. The van der Waals surface area contributed by atoms with Crippen molar-refractivity contribution in [1.29, 1.82) is 0 Å². The lowest BCUT2D eigenvalue weighted by molar-refractivity contribution is -0.142. The second kappa shape index (κ2) is 4.89. The van der Waals surface area contributed by atoms with Gasteiger partial charge in [-0.05, 0) is 20.3 Å². The van der Waals surface area contributed by atoms with Crippen molar-refractivity contribution in [3.05, 3.63) is 5.82 Å². The molecule has 2 amide bonds. The van der Waals surface area contributed by atoms with Gasteiger partial charge < -0.3 is 10.0 Å². The van der Waals surface area contributed by atoms with Crippen LogP contribution < -0.4 is 5.32 Å². The third-order valence-electron chi connectivity index (χ3n) is 3.07. The molecule has 0 bridgehead atoms. The Bertz CT molecular complexity index is 475. The van der Waals surface area contributed by atoms with Crippen molar-refractivity contribution in [1.82, 2.24) is 14.3 Å². The van der Waals surface area contributed by atoms with Crippen LogP contribution in [0.2, 0.25) is 0 Å². The van der Waals surface area contributed by atoms with E-state index in [1.807, 2.05) is 0 Å². The fourth-order valence-corrected chi connectivity index (χ4v) is 2.63. The summed E-state index contributed by atoms with van der Waals surface area (Å²) in [6, 6.07) is -0.626. The minimum absolute atomic E-state index is 0.309. The summed E-state index contributed by atoms with van der Waals surface area (Å²) < 4.78 is 3.96. The lowest BCUT2D eigenvalue weighted by atomic mass is 10.0. The molecule has 2 rings (SSSR count). The Morgan fingerprint density at radius 3 is 2.78 bits per heavy atom. The number of rotatable bonds is 2. The molecule has 7 nitrogen and oxygen atoms in total. The first-order valence-corrected chi connectivity index (χ1v) is 6.37. The van der Waals surface area contributed by atoms with E-state index in [0.29, 0.717) is 23.9 Å². The molecule has 0 aliphatic carbocycles. The van der Waals surface area contributed by atoms with Gasteiger partial charge in [-0.2, -0.15) is 4.37 Å². The molecule has 0 aromatic carbocycles. The quantitative estimate of drug-likeness (QED) is 0.841. The topological polar surface area (TPSA) is 95.4 Å². The summed E-state index contributed by atoms with van der Waals surface area (Å²) in [5, 5.41) is 12.1. The molecule has 0 radical (unpaired) electrons. The summed E-state index contributed by atoms with van der Waals surface area (Å²) in [6.45, 7) is 3.93. The molecule has 18 heavy (non-hydrogen) atoms. The molecular formula is C10H14N4O3S. The van der Waals surface area contributed by atoms with E-state index in [4.69, 9.17) is 5.11 Å². The van der Waals surface area contributed by atoms with Crippen molar-refractivity contribution < 1.29 is 14.7 Å². The maximum absolute atomic E-state index is 12.0. The Morgan fingerprint density at radius 1 is 1.56 bits per heavy atom. The molecule has 1 aliphatic heterocycles. The van der Waals surface area contributed by atoms with E-state index in [2.05, 4.69) is 14.7 Å². The lowest BCUT2D eigenvalue weighted by Gasteiger charge is -2.22. The van der Waals surface area contributed by atoms with Crippen molar-refractivity contribution in [3.63, 3.8) is 0 Å². The molecule has 98 valence electrons. The van der Waals surface area contributed by atoms with Crippen LogP contribution in [-0.4, -0.2) is 44.0 Å². The first-order chi connectivity index (χ1) is 8.49. The van der Waals surface area contributed by atoms with Crippen molar-refractivity contribution in [2.24, 2.45) is 5.92 Å². The Morgan fingerprint density at radius 2 is 2.28 bits per heavy atom. The van der Waals surface area contributed by atoms with E-state index >= 15 is 0 Å². The maximum atomic E-state index is 12.0. The summed E-state index contributed by atoms with van der Waals surface area (Å²) in [5.41, 5.74) is 0. The van der Waals surface area contributed by atoms with E-state index in [9.17, 15) is 9.59 Å². The number of carbonyl (C=O) groups excluding carboxylic acids is 1. The molecule has 2 heterocycles. The number of nitrogens with zero attached hydrogens (tertiary/aromatic N) is 3. The van der Waals surface area contributed by atoms with E-state index in [0.717, 1.165) is 11.5 Å². The number of aliphatic carboxylic acids is 1. The predicted molar refractivity (Wildman–Crippen MR) is 65.6 cm³/mol. The molecule has 2 atom stereocenters. The third kappa shape index (κ3) is 2.42. The van der Waals surface area contributed by atoms with Gasteiger partial charge in [-0.15, -0.1) is 0 Å². The fraction of sp³-hybridized carbons (Fsp3) is 0.600. The van der Waals surface area contributed by atoms with Crippen molar-refractivity contribution in [2.45, 2.75) is 26.3 Å². The van der Waals surface area contributed by atoms with Gasteiger partial charge >= 0.3 is 12.0 Å². The summed E-state index contributed by atoms with van der Waals surface area (Å²) in [6.07, 6.45) is 0.485. The predicted octanol–water partition coefficient (Wildman–Crippen LogP) is 1.17. The number of carboxylic acids is 1. The van der Waals surface area contributed by atoms with Gasteiger partial charge in [-0.3, -0.25) is 10.1 Å². The van der Waals surface area contributed by atoms with Crippen LogP contribution >= 0.6 is 11.5 Å². The highest BCUT2D eigenvalue weighted by atomic mass is 32.1. The van der Waals surface area contributed by atoms with Crippen molar-refractivity contribution in [2.75, 3.05) is 11.9 Å². The number of hydrogen-bond donors (Lipinski definition) is 2. The normalized spacial score (nSPS) is 23.1. The number of carboxylic acid groups (broad SMARTS) is 1. The number of aromatic nitrogens is 2. The molecule has 1 fully saturated rings. The maximum Gasteiger partial charge on any atom is 0.323 e. The molecule has 1 aromatic heterocycles. The number of aryl methyl sites for hydroxylation is 1. The molecular weight excluding hydrogens is 256 g/mol. The molecule has 0 spiro atoms. The molecule has 1 aliphatic rings. The lowest BCUT2D eigenvalue weighted by Crippen LogP contribution is -2.40. The SMILES string of the molecule is Cc1nsc(NC(=O)N2CCC(C(=O)O)C2C)n1. The van der Waals surface area contributed by atoms with Gasteiger partial charge in [0.1, 0.15) is 5.82 Å². The third-order valence-corrected chi connectivity index (χ3v) is 3.80. The zero-order chi connectivity index (χ0) is 13.3. The molecule has 1 aromatic rings. The summed E-state index contributed by atoms with van der Waals surface area (Å²) in [5.74, 6) is -0.746. The van der Waals surface area contributed by atoms with Crippen LogP contribution in [0.15, 0.2) is 0 Å². The molecule has 2 N–H and O–H groups in total. The number of carbonyl (C=O) groups is 2. The van der Waals surface area contributed by atoms with Crippen LogP contribution in [0.25, 0.3) is 0 Å². The Kier molecular flexibility index (Phi) is 3.46. The van der Waals surface area contributed by atoms with Crippen molar-refractivity contribution >= 4 is 28.7 Å². The van der Waals surface area contributed by atoms with Gasteiger partial charge in [0.05, 0.1) is 5.92 Å². The highest BCUT2D eigenvalue weighted by Crippen LogP contribution is 2.25. The summed E-state index contributed by atoms with van der Waals surface area (Å²) in [4.78, 5) is 28.5. The molecule has 8 heteroatoms. The van der Waals surface area contributed by atoms with Crippen LogP contribution in [0.1, 0.15) is 19.2 Å². The van der Waals surface area contributed by atoms with Crippen LogP contribution in [0, 0.1) is 12.8 Å². The standard InChI is InChI=1S/C10H14N4O3S/c1-5-7(8(15)16)3-4-14(5)10(17)12-9-11-6(2)13-18-9/h5,7H,3-4H2,1-2H3,(H,15,16)(H,11,12,13,17). The average Bonchev–Trinajstić information content (AvgIpc) is 2.85. The van der Waals surface area contributed by atoms with E-state index in [1.165, 1.54) is 4.90 Å². The highest BCUT2D eigenvalue weighted by molar-refractivity contribution is 7.09. The second-order valence-corrected chi connectivity index (χ2v) is 5.00. The number of anilines is 1. The molecule has 2 unspecified atom stereocenters. The largest absolute Gasteiger partial charge is 0.481 e. The molecule has 0 saturated carbocycles. The van der Waals surface area contributed by atoms with Crippen LogP contribution in [0.4, 0.5) is 9.93 Å². The van der Waals surface area contributed by atoms with Crippen LogP contribution in [0.5, 0.6) is 0 Å². The minimum atomic E-state index is -0.857. The Balaban J connectivity index is 2.00. The number of hydrogen-bond acceptors (Lipinski definition) is 5. The number of nitrogens with one attached hydrogen (secondary N) is 1. The van der Waals surface area contributed by atoms with Gasteiger partial charge in [-0.25, -0.2) is 9.78 Å². The zero-order valence-electron chi connectivity index (χ0n) is 10.1. The Labute approximate surface area is 108 Å². The zero-order valence-corrected chi connectivity index (χ0v) is 10.9. The van der Waals surface area contributed by atoms with Crippen molar-refractivity contribution in [3.8, 4) is 0 Å². The smallest absolute Gasteiger partial charge is 0.323 e. The fourth-order valence-electron chi connectivity index (χ4n) is 2.07. The Hall–Kier alpha value is -1.70. The minimum Gasteiger partial charge on any atom is -0.481 e. The van der Waals surface area contributed by atoms with Gasteiger partial charge in [0.2, 0.25) is 5.13 Å². The average molecular weight is 270 g/mol. The van der Waals surface area contributed by atoms with Gasteiger partial charge in [0.15, 0.2) is 0 Å². The van der Waals surface area contributed by atoms with E-state index in [1.54, 1.807) is 13.8 Å². The monoisotopic (exact) mass is 270 g/mol. The number of urea groups is 1. The van der Waals surface area contributed by atoms with Gasteiger partial charge in [0, 0.05) is 24.1 Å². The summed E-state index contributed by atoms with van der Waals surface area (Å²) in [7, 11) is 0. The molecule has 1 saturated heterocycles. The van der Waals surface area contributed by atoms with E-state index in [-0.39, 0.29) is 12.1 Å². The van der Waals surface area contributed by atoms with E-state index < -0.39 is 11.9 Å². The highest BCUT2D eigenvalue weighted by Gasteiger charge is 2.38. The van der Waals surface area contributed by atoms with Crippen LogP contribution in [-0.2, 0) is 4.79 Å². The summed E-state index contributed by atoms with van der Waals surface area (Å²) >= 11 is 1.11. The first kappa shape index (κ1) is 12.7. The van der Waals surface area contributed by atoms with Gasteiger partial charge in [-0.1, -0.05) is 0 Å².